The Morgan fingerprint density at radius 3 is 2.15 bits per heavy atom. The molecule has 0 radical (unpaired) electrons. The monoisotopic (exact) mass is 336 g/mol. The first-order valence-electron chi connectivity index (χ1n) is 6.12. The van der Waals surface area contributed by atoms with Gasteiger partial charge in [0.1, 0.15) is 11.5 Å². The number of hydrogen-bond acceptors (Lipinski definition) is 4. The predicted octanol–water partition coefficient (Wildman–Crippen LogP) is 3.35. The lowest BCUT2D eigenvalue weighted by Crippen LogP contribution is -2.30. The smallest absolute Gasteiger partial charge is 0.120 e. The second-order valence-corrected chi connectivity index (χ2v) is 5.14. The van der Waals surface area contributed by atoms with Crippen molar-refractivity contribution < 1.29 is 9.47 Å². The summed E-state index contributed by atoms with van der Waals surface area (Å²) in [5, 5.41) is 1.69. The van der Waals surface area contributed by atoms with Crippen LogP contribution in [0.25, 0.3) is 0 Å². The first kappa shape index (κ1) is 14.7. The third-order valence-corrected chi connectivity index (χ3v) is 3.74. The molecule has 0 bridgehead atoms. The quantitative estimate of drug-likeness (QED) is 0.671. The largest absolute Gasteiger partial charge is 0.497 e. The van der Waals surface area contributed by atoms with Gasteiger partial charge in [0, 0.05) is 4.47 Å². The molecule has 20 heavy (non-hydrogen) atoms. The second kappa shape index (κ2) is 6.63. The Hall–Kier alpha value is -1.72. The fourth-order valence-corrected chi connectivity index (χ4v) is 2.31. The molecule has 2 aromatic carbocycles. The minimum absolute atomic E-state index is 0.594. The van der Waals surface area contributed by atoms with Crippen LogP contribution in [-0.4, -0.2) is 14.2 Å². The Kier molecular flexibility index (Phi) is 4.87. The van der Waals surface area contributed by atoms with Crippen LogP contribution in [-0.2, 0) is 6.54 Å². The maximum atomic E-state index is 6.10. The molecule has 0 saturated carbocycles. The summed E-state index contributed by atoms with van der Waals surface area (Å²) in [6.45, 7) is 0.594. The number of nitrogens with two attached hydrogens (primary N) is 1. The zero-order chi connectivity index (χ0) is 14.5. The molecule has 5 heteroatoms. The third-order valence-electron chi connectivity index (χ3n) is 3.00. The molecular weight excluding hydrogens is 320 g/mol. The average Bonchev–Trinajstić information content (AvgIpc) is 2.49. The number of ether oxygens (including phenoxy) is 2. The van der Waals surface area contributed by atoms with Crippen molar-refractivity contribution in [2.75, 3.05) is 19.2 Å². The van der Waals surface area contributed by atoms with Crippen LogP contribution in [0.3, 0.4) is 0 Å². The van der Waals surface area contributed by atoms with Gasteiger partial charge in [-0.25, -0.2) is 5.84 Å². The minimum Gasteiger partial charge on any atom is -0.497 e. The van der Waals surface area contributed by atoms with E-state index >= 15 is 0 Å². The Morgan fingerprint density at radius 1 is 1.00 bits per heavy atom. The summed E-state index contributed by atoms with van der Waals surface area (Å²) < 4.78 is 11.3. The van der Waals surface area contributed by atoms with Crippen molar-refractivity contribution in [3.63, 3.8) is 0 Å². The molecule has 4 nitrogen and oxygen atoms in total. The molecular formula is C15H17BrN2O2. The van der Waals surface area contributed by atoms with E-state index < -0.39 is 0 Å². The molecule has 0 atom stereocenters. The number of methoxy groups -OCH3 is 2. The van der Waals surface area contributed by atoms with Crippen molar-refractivity contribution in [2.24, 2.45) is 5.84 Å². The summed E-state index contributed by atoms with van der Waals surface area (Å²) in [6.07, 6.45) is 0. The summed E-state index contributed by atoms with van der Waals surface area (Å²) in [4.78, 5) is 0. The van der Waals surface area contributed by atoms with E-state index in [1.165, 1.54) is 0 Å². The van der Waals surface area contributed by atoms with Gasteiger partial charge in [0.25, 0.3) is 0 Å². The minimum atomic E-state index is 0.594. The van der Waals surface area contributed by atoms with Crippen LogP contribution in [0.15, 0.2) is 46.9 Å². The lowest BCUT2D eigenvalue weighted by Gasteiger charge is -2.20. The molecule has 0 fully saturated rings. The summed E-state index contributed by atoms with van der Waals surface area (Å²) in [5.74, 6) is 7.72. The number of hydrazine groups is 1. The summed E-state index contributed by atoms with van der Waals surface area (Å²) in [6, 6.07) is 13.5. The number of rotatable bonds is 5. The highest BCUT2D eigenvalue weighted by molar-refractivity contribution is 9.10. The van der Waals surface area contributed by atoms with E-state index in [4.69, 9.17) is 15.3 Å². The van der Waals surface area contributed by atoms with E-state index in [0.29, 0.717) is 6.54 Å². The van der Waals surface area contributed by atoms with Crippen LogP contribution in [0.2, 0.25) is 0 Å². The lowest BCUT2D eigenvalue weighted by atomic mass is 10.2. The third kappa shape index (κ3) is 3.43. The number of hydrogen-bond donors (Lipinski definition) is 1. The van der Waals surface area contributed by atoms with Gasteiger partial charge >= 0.3 is 0 Å². The number of halogens is 1. The van der Waals surface area contributed by atoms with Crippen LogP contribution in [0.4, 0.5) is 5.69 Å². The fourth-order valence-electron chi connectivity index (χ4n) is 1.83. The standard InChI is InChI=1S/C15H17BrN2O2/c1-19-13-7-4-12(5-8-13)18(17)10-11-3-6-14(20-2)9-15(11)16/h3-9H,10,17H2,1-2H3. The molecule has 0 spiro atoms. The second-order valence-electron chi connectivity index (χ2n) is 4.28. The molecule has 2 aromatic rings. The molecule has 0 aliphatic rings. The molecule has 2 N–H and O–H groups in total. The topological polar surface area (TPSA) is 47.7 Å². The van der Waals surface area contributed by atoms with Gasteiger partial charge in [0.2, 0.25) is 0 Å². The van der Waals surface area contributed by atoms with Gasteiger partial charge in [0.05, 0.1) is 26.5 Å². The first-order valence-corrected chi connectivity index (χ1v) is 6.92. The van der Waals surface area contributed by atoms with E-state index in [0.717, 1.165) is 27.2 Å². The highest BCUT2D eigenvalue weighted by atomic mass is 79.9. The van der Waals surface area contributed by atoms with Gasteiger partial charge in [-0.1, -0.05) is 22.0 Å². The fraction of sp³-hybridized carbons (Fsp3) is 0.200. The van der Waals surface area contributed by atoms with Crippen LogP contribution >= 0.6 is 15.9 Å². The Morgan fingerprint density at radius 2 is 1.60 bits per heavy atom. The molecule has 0 saturated heterocycles. The van der Waals surface area contributed by atoms with Crippen LogP contribution in [0, 0.1) is 0 Å². The highest BCUT2D eigenvalue weighted by Crippen LogP contribution is 2.25. The normalized spacial score (nSPS) is 10.2. The molecule has 106 valence electrons. The molecule has 0 aromatic heterocycles. The Labute approximate surface area is 127 Å². The van der Waals surface area contributed by atoms with Gasteiger partial charge in [-0.3, -0.25) is 0 Å². The average molecular weight is 337 g/mol. The Balaban J connectivity index is 2.12. The summed E-state index contributed by atoms with van der Waals surface area (Å²) >= 11 is 3.53. The predicted molar refractivity (Wildman–Crippen MR) is 84.1 cm³/mol. The van der Waals surface area contributed by atoms with E-state index in [1.807, 2.05) is 42.5 Å². The first-order chi connectivity index (χ1) is 9.63. The lowest BCUT2D eigenvalue weighted by molar-refractivity contribution is 0.414. The molecule has 0 aliphatic heterocycles. The zero-order valence-electron chi connectivity index (χ0n) is 11.5. The van der Waals surface area contributed by atoms with Crippen molar-refractivity contribution in [3.8, 4) is 11.5 Å². The molecule has 0 amide bonds. The summed E-state index contributed by atoms with van der Waals surface area (Å²) in [5.41, 5.74) is 2.01. The van der Waals surface area contributed by atoms with Crippen molar-refractivity contribution >= 4 is 21.6 Å². The highest BCUT2D eigenvalue weighted by Gasteiger charge is 2.07. The molecule has 0 heterocycles. The SMILES string of the molecule is COc1ccc(N(N)Cc2ccc(OC)cc2Br)cc1. The van der Waals surface area contributed by atoms with Crippen molar-refractivity contribution in [3.05, 3.63) is 52.5 Å². The van der Waals surface area contributed by atoms with Gasteiger partial charge in [-0.05, 0) is 42.0 Å². The number of nitrogens with zero attached hydrogens (tertiary/aromatic N) is 1. The van der Waals surface area contributed by atoms with Crippen LogP contribution < -0.4 is 20.3 Å². The van der Waals surface area contributed by atoms with Crippen LogP contribution in [0.1, 0.15) is 5.56 Å². The van der Waals surface area contributed by atoms with Gasteiger partial charge in [-0.2, -0.15) is 0 Å². The maximum absolute atomic E-state index is 6.10. The zero-order valence-corrected chi connectivity index (χ0v) is 13.1. The van der Waals surface area contributed by atoms with E-state index in [9.17, 15) is 0 Å². The Bertz CT molecular complexity index is 573. The summed E-state index contributed by atoms with van der Waals surface area (Å²) in [7, 11) is 3.29. The van der Waals surface area contributed by atoms with Gasteiger partial charge in [0.15, 0.2) is 0 Å². The van der Waals surface area contributed by atoms with E-state index in [2.05, 4.69) is 15.9 Å². The van der Waals surface area contributed by atoms with Crippen LogP contribution in [0.5, 0.6) is 11.5 Å². The van der Waals surface area contributed by atoms with Gasteiger partial charge in [-0.15, -0.1) is 0 Å². The molecule has 2 rings (SSSR count). The van der Waals surface area contributed by atoms with Crippen molar-refractivity contribution in [1.29, 1.82) is 0 Å². The molecule has 0 unspecified atom stereocenters. The van der Waals surface area contributed by atoms with E-state index in [-0.39, 0.29) is 0 Å². The van der Waals surface area contributed by atoms with E-state index in [1.54, 1.807) is 19.2 Å². The van der Waals surface area contributed by atoms with Crippen molar-refractivity contribution in [1.82, 2.24) is 0 Å². The van der Waals surface area contributed by atoms with Gasteiger partial charge < -0.3 is 14.5 Å². The maximum Gasteiger partial charge on any atom is 0.120 e. The molecule has 0 aliphatic carbocycles. The number of anilines is 1. The number of benzene rings is 2. The van der Waals surface area contributed by atoms with Crippen molar-refractivity contribution in [2.45, 2.75) is 6.54 Å².